The number of aromatic nitrogens is 2. The molecule has 4 nitrogen and oxygen atoms in total. The molecule has 6 heteroatoms. The molecule has 0 unspecified atom stereocenters. The number of nitrogens with one attached hydrogen (secondary N) is 1. The highest BCUT2D eigenvalue weighted by molar-refractivity contribution is 6.42. The summed E-state index contributed by atoms with van der Waals surface area (Å²) in [4.78, 5) is 16.2. The van der Waals surface area contributed by atoms with Crippen LogP contribution in [0, 0.1) is 0 Å². The molecular formula is C18H15Cl2N3O. The average molecular weight is 360 g/mol. The predicted octanol–water partition coefficient (Wildman–Crippen LogP) is 4.17. The zero-order valence-electron chi connectivity index (χ0n) is 12.7. The van der Waals surface area contributed by atoms with E-state index in [1.807, 2.05) is 35.0 Å². The molecule has 0 spiro atoms. The molecule has 122 valence electrons. The van der Waals surface area contributed by atoms with E-state index < -0.39 is 0 Å². The first-order valence-electron chi connectivity index (χ1n) is 7.38. The second-order valence-electron chi connectivity index (χ2n) is 5.36. The number of imidazole rings is 1. The van der Waals surface area contributed by atoms with E-state index in [-0.39, 0.29) is 5.91 Å². The van der Waals surface area contributed by atoms with Gasteiger partial charge in [-0.15, -0.1) is 0 Å². The first-order valence-corrected chi connectivity index (χ1v) is 8.14. The standard InChI is InChI=1S/C18H15Cl2N3O/c19-16-6-5-15(9-17(16)20)18(24)22-10-13-1-3-14(4-2-13)11-23-8-7-21-12-23/h1-9,12H,10-11H2,(H,22,24). The molecule has 3 rings (SSSR count). The van der Waals surface area contributed by atoms with Crippen LogP contribution in [0.3, 0.4) is 0 Å². The quantitative estimate of drug-likeness (QED) is 0.742. The van der Waals surface area contributed by atoms with E-state index >= 15 is 0 Å². The van der Waals surface area contributed by atoms with Crippen LogP contribution < -0.4 is 5.32 Å². The van der Waals surface area contributed by atoms with Crippen molar-refractivity contribution in [2.75, 3.05) is 0 Å². The summed E-state index contributed by atoms with van der Waals surface area (Å²) in [6.45, 7) is 1.22. The lowest BCUT2D eigenvalue weighted by Crippen LogP contribution is -2.22. The maximum absolute atomic E-state index is 12.1. The van der Waals surface area contributed by atoms with E-state index in [1.54, 1.807) is 30.7 Å². The van der Waals surface area contributed by atoms with E-state index in [4.69, 9.17) is 23.2 Å². The van der Waals surface area contributed by atoms with Crippen molar-refractivity contribution in [3.05, 3.63) is 87.9 Å². The van der Waals surface area contributed by atoms with Crippen molar-refractivity contribution in [1.82, 2.24) is 14.9 Å². The Balaban J connectivity index is 1.58. The normalized spacial score (nSPS) is 10.6. The lowest BCUT2D eigenvalue weighted by molar-refractivity contribution is 0.0951. The fourth-order valence-electron chi connectivity index (χ4n) is 2.28. The molecule has 0 aliphatic rings. The van der Waals surface area contributed by atoms with Crippen molar-refractivity contribution in [1.29, 1.82) is 0 Å². The zero-order chi connectivity index (χ0) is 16.9. The second kappa shape index (κ2) is 7.51. The van der Waals surface area contributed by atoms with Crippen LogP contribution in [0.15, 0.2) is 61.2 Å². The van der Waals surface area contributed by atoms with Gasteiger partial charge in [0.15, 0.2) is 0 Å². The summed E-state index contributed by atoms with van der Waals surface area (Å²) >= 11 is 11.8. The number of carbonyl (C=O) groups is 1. The summed E-state index contributed by atoms with van der Waals surface area (Å²) in [5.41, 5.74) is 2.69. The Kier molecular flexibility index (Phi) is 5.18. The smallest absolute Gasteiger partial charge is 0.251 e. The first-order chi connectivity index (χ1) is 11.6. The van der Waals surface area contributed by atoms with Crippen molar-refractivity contribution >= 4 is 29.1 Å². The summed E-state index contributed by atoms with van der Waals surface area (Å²) in [6, 6.07) is 12.9. The predicted molar refractivity (Wildman–Crippen MR) is 95.4 cm³/mol. The summed E-state index contributed by atoms with van der Waals surface area (Å²) in [7, 11) is 0. The highest BCUT2D eigenvalue weighted by atomic mass is 35.5. The number of amides is 1. The van der Waals surface area contributed by atoms with Gasteiger partial charge in [0.1, 0.15) is 0 Å². The van der Waals surface area contributed by atoms with E-state index in [0.29, 0.717) is 22.2 Å². The van der Waals surface area contributed by atoms with Gasteiger partial charge in [0.05, 0.1) is 16.4 Å². The summed E-state index contributed by atoms with van der Waals surface area (Å²) in [5.74, 6) is -0.184. The third-order valence-corrected chi connectivity index (χ3v) is 4.32. The Morgan fingerprint density at radius 1 is 1.04 bits per heavy atom. The Bertz CT molecular complexity index is 830. The molecule has 0 aliphatic heterocycles. The molecule has 1 amide bonds. The fourth-order valence-corrected chi connectivity index (χ4v) is 2.57. The molecule has 0 radical (unpaired) electrons. The van der Waals surface area contributed by atoms with Gasteiger partial charge in [0.2, 0.25) is 0 Å². The van der Waals surface area contributed by atoms with E-state index in [1.165, 1.54) is 5.56 Å². The van der Waals surface area contributed by atoms with E-state index in [2.05, 4.69) is 10.3 Å². The highest BCUT2D eigenvalue weighted by Gasteiger charge is 2.07. The molecule has 24 heavy (non-hydrogen) atoms. The monoisotopic (exact) mass is 359 g/mol. The minimum atomic E-state index is -0.184. The molecule has 0 bridgehead atoms. The summed E-state index contributed by atoms with van der Waals surface area (Å²) < 4.78 is 2.00. The molecule has 1 aromatic heterocycles. The van der Waals surface area contributed by atoms with Gasteiger partial charge in [-0.25, -0.2) is 4.98 Å². The van der Waals surface area contributed by atoms with Gasteiger partial charge in [-0.3, -0.25) is 4.79 Å². The zero-order valence-corrected chi connectivity index (χ0v) is 14.3. The van der Waals surface area contributed by atoms with Crippen molar-refractivity contribution in [3.63, 3.8) is 0 Å². The number of hydrogen-bond donors (Lipinski definition) is 1. The molecular weight excluding hydrogens is 345 g/mol. The minimum Gasteiger partial charge on any atom is -0.348 e. The van der Waals surface area contributed by atoms with Crippen LogP contribution in [-0.4, -0.2) is 15.5 Å². The SMILES string of the molecule is O=C(NCc1ccc(Cn2ccnc2)cc1)c1ccc(Cl)c(Cl)c1. The van der Waals surface area contributed by atoms with Crippen LogP contribution in [0.2, 0.25) is 10.0 Å². The van der Waals surface area contributed by atoms with Crippen molar-refractivity contribution in [3.8, 4) is 0 Å². The van der Waals surface area contributed by atoms with Crippen molar-refractivity contribution < 1.29 is 4.79 Å². The maximum atomic E-state index is 12.1. The molecule has 3 aromatic rings. The van der Waals surface area contributed by atoms with Crippen LogP contribution in [0.4, 0.5) is 0 Å². The first kappa shape index (κ1) is 16.6. The fraction of sp³-hybridized carbons (Fsp3) is 0.111. The molecule has 1 heterocycles. The lowest BCUT2D eigenvalue weighted by Gasteiger charge is -2.08. The van der Waals surface area contributed by atoms with Crippen LogP contribution in [0.5, 0.6) is 0 Å². The number of benzene rings is 2. The number of rotatable bonds is 5. The maximum Gasteiger partial charge on any atom is 0.251 e. The number of carbonyl (C=O) groups excluding carboxylic acids is 1. The van der Waals surface area contributed by atoms with Crippen LogP contribution in [0.25, 0.3) is 0 Å². The van der Waals surface area contributed by atoms with E-state index in [9.17, 15) is 4.79 Å². The summed E-state index contributed by atoms with van der Waals surface area (Å²) in [6.07, 6.45) is 5.46. The molecule has 0 fully saturated rings. The van der Waals surface area contributed by atoms with Gasteiger partial charge < -0.3 is 9.88 Å². The molecule has 0 saturated carbocycles. The van der Waals surface area contributed by atoms with Crippen LogP contribution in [0.1, 0.15) is 21.5 Å². The third kappa shape index (κ3) is 4.16. The third-order valence-electron chi connectivity index (χ3n) is 3.58. The van der Waals surface area contributed by atoms with Crippen molar-refractivity contribution in [2.45, 2.75) is 13.1 Å². The Labute approximate surface area is 150 Å². The van der Waals surface area contributed by atoms with Gasteiger partial charge in [0, 0.05) is 31.0 Å². The molecule has 1 N–H and O–H groups in total. The number of halogens is 2. The lowest BCUT2D eigenvalue weighted by atomic mass is 10.1. The Morgan fingerprint density at radius 2 is 1.79 bits per heavy atom. The average Bonchev–Trinajstić information content (AvgIpc) is 3.09. The Hall–Kier alpha value is -2.30. The molecule has 2 aromatic carbocycles. The van der Waals surface area contributed by atoms with Gasteiger partial charge in [0.25, 0.3) is 5.91 Å². The van der Waals surface area contributed by atoms with Crippen LogP contribution >= 0.6 is 23.2 Å². The second-order valence-corrected chi connectivity index (χ2v) is 6.18. The minimum absolute atomic E-state index is 0.184. The van der Waals surface area contributed by atoms with Gasteiger partial charge in [-0.1, -0.05) is 47.5 Å². The highest BCUT2D eigenvalue weighted by Crippen LogP contribution is 2.22. The van der Waals surface area contributed by atoms with Crippen molar-refractivity contribution in [2.24, 2.45) is 0 Å². The van der Waals surface area contributed by atoms with Gasteiger partial charge in [-0.2, -0.15) is 0 Å². The van der Waals surface area contributed by atoms with E-state index in [0.717, 1.165) is 12.1 Å². The van der Waals surface area contributed by atoms with Gasteiger partial charge >= 0.3 is 0 Å². The molecule has 0 aliphatic carbocycles. The Morgan fingerprint density at radius 3 is 2.46 bits per heavy atom. The molecule has 0 atom stereocenters. The molecule has 0 saturated heterocycles. The largest absolute Gasteiger partial charge is 0.348 e. The van der Waals surface area contributed by atoms with Crippen LogP contribution in [-0.2, 0) is 13.1 Å². The summed E-state index contributed by atoms with van der Waals surface area (Å²) in [5, 5.41) is 3.67. The van der Waals surface area contributed by atoms with Gasteiger partial charge in [-0.05, 0) is 29.3 Å². The number of hydrogen-bond acceptors (Lipinski definition) is 2. The number of nitrogens with zero attached hydrogens (tertiary/aromatic N) is 2. The topological polar surface area (TPSA) is 46.9 Å².